The van der Waals surface area contributed by atoms with Crippen molar-refractivity contribution in [3.63, 3.8) is 0 Å². The molecule has 6 aromatic carbocycles. The van der Waals surface area contributed by atoms with E-state index in [9.17, 15) is 0 Å². The summed E-state index contributed by atoms with van der Waals surface area (Å²) in [7, 11) is -3.04. The summed E-state index contributed by atoms with van der Waals surface area (Å²) in [6, 6.07) is 33.3. The molecule has 0 aliphatic carbocycles. The summed E-state index contributed by atoms with van der Waals surface area (Å²) in [5, 5.41) is 13.3. The third kappa shape index (κ3) is 3.87. The molecule has 0 saturated heterocycles. The number of benzene rings is 6. The Hall–Kier alpha value is -3.28. The van der Waals surface area contributed by atoms with Crippen LogP contribution in [0.5, 0.6) is 0 Å². The van der Waals surface area contributed by atoms with Crippen LogP contribution in [0.25, 0.3) is 53.9 Å². The Balaban J connectivity index is 1.59. The topological polar surface area (TPSA) is 27.7 Å². The van der Waals surface area contributed by atoms with Crippen LogP contribution in [-0.4, -0.2) is 28.6 Å². The molecule has 0 fully saturated rings. The van der Waals surface area contributed by atoms with Gasteiger partial charge >= 0.3 is 8.80 Å². The number of hydrogen-bond donors (Lipinski definition) is 0. The molecule has 0 aromatic heterocycles. The van der Waals surface area contributed by atoms with Crippen LogP contribution >= 0.6 is 0 Å². The molecule has 180 valence electrons. The van der Waals surface area contributed by atoms with Gasteiger partial charge in [0.25, 0.3) is 0 Å². The van der Waals surface area contributed by atoms with Crippen LogP contribution in [0.1, 0.15) is 20.8 Å². The van der Waals surface area contributed by atoms with Crippen molar-refractivity contribution in [2.45, 2.75) is 20.8 Å². The summed E-state index contributed by atoms with van der Waals surface area (Å²) in [5.41, 5.74) is 0. The summed E-state index contributed by atoms with van der Waals surface area (Å²) in [4.78, 5) is 0. The second-order valence-electron chi connectivity index (χ2n) is 9.18. The van der Waals surface area contributed by atoms with Crippen molar-refractivity contribution in [2.75, 3.05) is 19.8 Å². The van der Waals surface area contributed by atoms with E-state index < -0.39 is 8.80 Å². The maximum absolute atomic E-state index is 6.26. The molecule has 0 heterocycles. The Labute approximate surface area is 212 Å². The van der Waals surface area contributed by atoms with Crippen LogP contribution in [-0.2, 0) is 13.3 Å². The first kappa shape index (κ1) is 23.1. The Morgan fingerprint density at radius 2 is 0.833 bits per heavy atom. The molecule has 0 saturated carbocycles. The van der Waals surface area contributed by atoms with Gasteiger partial charge in [0.2, 0.25) is 0 Å². The summed E-state index contributed by atoms with van der Waals surface area (Å²) >= 11 is 0. The lowest BCUT2D eigenvalue weighted by Crippen LogP contribution is -2.57. The molecule has 4 heteroatoms. The number of rotatable bonds is 7. The molecular weight excluding hydrogens is 460 g/mol. The molecule has 3 nitrogen and oxygen atoms in total. The average molecular weight is 491 g/mol. The van der Waals surface area contributed by atoms with E-state index in [-0.39, 0.29) is 0 Å². The highest BCUT2D eigenvalue weighted by Crippen LogP contribution is 2.32. The molecule has 0 unspecified atom stereocenters. The third-order valence-corrected chi connectivity index (χ3v) is 10.0. The highest BCUT2D eigenvalue weighted by molar-refractivity contribution is 6.77. The predicted octanol–water partition coefficient (Wildman–Crippen LogP) is 7.71. The summed E-state index contributed by atoms with van der Waals surface area (Å²) in [6.07, 6.45) is 0. The Kier molecular flexibility index (Phi) is 5.98. The Morgan fingerprint density at radius 1 is 0.444 bits per heavy atom. The summed E-state index contributed by atoms with van der Waals surface area (Å²) in [6.45, 7) is 7.63. The van der Waals surface area contributed by atoms with E-state index >= 15 is 0 Å². The van der Waals surface area contributed by atoms with Crippen LogP contribution < -0.4 is 5.19 Å². The molecule has 6 aromatic rings. The van der Waals surface area contributed by atoms with Crippen molar-refractivity contribution in [3.8, 4) is 0 Å². The lowest BCUT2D eigenvalue weighted by atomic mass is 9.96. The molecule has 36 heavy (non-hydrogen) atoms. The lowest BCUT2D eigenvalue weighted by molar-refractivity contribution is 0.0862. The van der Waals surface area contributed by atoms with E-state index in [0.29, 0.717) is 19.8 Å². The minimum Gasteiger partial charge on any atom is -0.370 e. The lowest BCUT2D eigenvalue weighted by Gasteiger charge is -2.29. The van der Waals surface area contributed by atoms with E-state index in [0.717, 1.165) is 10.6 Å². The first-order valence-electron chi connectivity index (χ1n) is 12.8. The van der Waals surface area contributed by atoms with Crippen molar-refractivity contribution in [2.24, 2.45) is 0 Å². The van der Waals surface area contributed by atoms with Gasteiger partial charge in [-0.05, 0) is 123 Å². The fourth-order valence-corrected chi connectivity index (χ4v) is 8.12. The summed E-state index contributed by atoms with van der Waals surface area (Å²) < 4.78 is 18.8. The fraction of sp³-hybridized carbons (Fsp3) is 0.188. The van der Waals surface area contributed by atoms with Gasteiger partial charge < -0.3 is 13.3 Å². The van der Waals surface area contributed by atoms with Gasteiger partial charge in [-0.2, -0.15) is 0 Å². The zero-order chi connectivity index (χ0) is 24.7. The molecule has 0 spiro atoms. The first-order valence-corrected chi connectivity index (χ1v) is 14.5. The predicted molar refractivity (Wildman–Crippen MR) is 154 cm³/mol. The van der Waals surface area contributed by atoms with Crippen molar-refractivity contribution in [3.05, 3.63) is 91.0 Å². The second-order valence-corrected chi connectivity index (χ2v) is 11.7. The Morgan fingerprint density at radius 3 is 1.31 bits per heavy atom. The van der Waals surface area contributed by atoms with Gasteiger partial charge in [0.15, 0.2) is 0 Å². The zero-order valence-electron chi connectivity index (χ0n) is 21.0. The highest BCUT2D eigenvalue weighted by Gasteiger charge is 2.44. The molecule has 0 radical (unpaired) electrons. The fourth-order valence-electron chi connectivity index (χ4n) is 5.42. The smallest absolute Gasteiger partial charge is 0.370 e. The minimum atomic E-state index is -3.04. The molecule has 0 aliphatic heterocycles. The van der Waals surface area contributed by atoms with Gasteiger partial charge in [-0.1, -0.05) is 42.5 Å². The van der Waals surface area contributed by atoms with Crippen LogP contribution in [0.2, 0.25) is 0 Å². The van der Waals surface area contributed by atoms with Gasteiger partial charge in [0.05, 0.1) is 0 Å². The summed E-state index contributed by atoms with van der Waals surface area (Å²) in [5.74, 6) is 0. The molecule has 0 atom stereocenters. The molecular formula is C32H30O3Si. The maximum atomic E-state index is 6.26. The molecule has 6 rings (SSSR count). The number of fused-ring (bicyclic) bond motifs is 5. The van der Waals surface area contributed by atoms with Crippen molar-refractivity contribution >= 4 is 67.9 Å². The van der Waals surface area contributed by atoms with Crippen molar-refractivity contribution in [1.82, 2.24) is 0 Å². The van der Waals surface area contributed by atoms with Crippen LogP contribution in [0.4, 0.5) is 0 Å². The quantitative estimate of drug-likeness (QED) is 0.169. The van der Waals surface area contributed by atoms with Crippen LogP contribution in [0.3, 0.4) is 0 Å². The van der Waals surface area contributed by atoms with Crippen molar-refractivity contribution in [1.29, 1.82) is 0 Å². The third-order valence-electron chi connectivity index (χ3n) is 6.95. The molecule has 0 aliphatic rings. The van der Waals surface area contributed by atoms with Gasteiger partial charge in [-0.25, -0.2) is 0 Å². The highest BCUT2D eigenvalue weighted by atomic mass is 28.4. The van der Waals surface area contributed by atoms with Crippen LogP contribution in [0, 0.1) is 0 Å². The largest absolute Gasteiger partial charge is 0.537 e. The average Bonchev–Trinajstić information content (AvgIpc) is 2.88. The minimum absolute atomic E-state index is 0.544. The van der Waals surface area contributed by atoms with Gasteiger partial charge in [-0.15, -0.1) is 0 Å². The first-order chi connectivity index (χ1) is 17.6. The zero-order valence-corrected chi connectivity index (χ0v) is 22.0. The second kappa shape index (κ2) is 9.30. The number of hydrogen-bond acceptors (Lipinski definition) is 3. The Bertz CT molecular complexity index is 1720. The van der Waals surface area contributed by atoms with E-state index in [1.165, 1.54) is 48.5 Å². The van der Waals surface area contributed by atoms with E-state index in [1.54, 1.807) is 0 Å². The van der Waals surface area contributed by atoms with Crippen molar-refractivity contribution < 1.29 is 13.3 Å². The molecule has 0 N–H and O–H groups in total. The monoisotopic (exact) mass is 490 g/mol. The van der Waals surface area contributed by atoms with Crippen LogP contribution in [0.15, 0.2) is 91.0 Å². The normalized spacial score (nSPS) is 12.4. The van der Waals surface area contributed by atoms with Gasteiger partial charge in [-0.3, -0.25) is 0 Å². The molecule has 0 bridgehead atoms. The maximum Gasteiger partial charge on any atom is 0.537 e. The standard InChI is InChI=1S/C32H30O3Si/c1-4-33-36(34-5-2,35-6-3)32-13-9-12-24-16-27-19-28-17-25-14-22-10-7-8-11-23(22)15-26(25)18-29(28)20-30(27)21-31(24)32/h7-21H,4-6H2,1-3H3. The van der Waals surface area contributed by atoms with E-state index in [2.05, 4.69) is 91.0 Å². The molecule has 0 amide bonds. The SMILES string of the molecule is CCO[Si](OCC)(OCC)c1cccc2cc3cc4cc5cc6ccccc6cc5cc4cc3cc12. The van der Waals surface area contributed by atoms with E-state index in [1.807, 2.05) is 20.8 Å². The van der Waals surface area contributed by atoms with E-state index in [4.69, 9.17) is 13.3 Å². The van der Waals surface area contributed by atoms with Gasteiger partial charge in [0, 0.05) is 25.0 Å². The van der Waals surface area contributed by atoms with Gasteiger partial charge in [0.1, 0.15) is 0 Å².